The average molecular weight is 418 g/mol. The molecular formula is C26H14N2O2S. The molecule has 0 bridgehead atoms. The van der Waals surface area contributed by atoms with Crippen LogP contribution in [-0.4, -0.2) is 16.6 Å². The molecule has 0 saturated heterocycles. The molecule has 0 radical (unpaired) electrons. The number of fused-ring (bicyclic) bond motifs is 3. The maximum atomic E-state index is 13.4. The van der Waals surface area contributed by atoms with Gasteiger partial charge in [-0.2, -0.15) is 5.26 Å². The van der Waals surface area contributed by atoms with Crippen molar-refractivity contribution in [3.63, 3.8) is 0 Å². The number of ketones is 2. The molecule has 146 valence electrons. The van der Waals surface area contributed by atoms with Crippen LogP contribution in [0.3, 0.4) is 0 Å². The van der Waals surface area contributed by atoms with Crippen molar-refractivity contribution < 1.29 is 9.59 Å². The third-order valence-electron chi connectivity index (χ3n) is 5.15. The summed E-state index contributed by atoms with van der Waals surface area (Å²) in [6, 6.07) is 27.7. The summed E-state index contributed by atoms with van der Waals surface area (Å²) < 4.78 is 0. The van der Waals surface area contributed by atoms with Crippen molar-refractivity contribution in [3.8, 4) is 17.2 Å². The molecule has 0 amide bonds. The van der Waals surface area contributed by atoms with E-state index in [0.717, 1.165) is 4.90 Å². The molecule has 0 saturated carbocycles. The highest BCUT2D eigenvalue weighted by Crippen LogP contribution is 2.44. The van der Waals surface area contributed by atoms with Gasteiger partial charge in [0.1, 0.15) is 16.8 Å². The Morgan fingerprint density at radius 1 is 0.806 bits per heavy atom. The first kappa shape index (κ1) is 19.0. The minimum atomic E-state index is -0.336. The van der Waals surface area contributed by atoms with Crippen molar-refractivity contribution in [2.75, 3.05) is 0 Å². The van der Waals surface area contributed by atoms with E-state index in [1.165, 1.54) is 11.8 Å². The standard InChI is InChI=1S/C26H14N2O2S/c27-15-20-21-18-13-7-8-14-19(18)25(30)22(21)23(24(29)16-9-3-1-4-10-16)28-26(20)31-17-11-5-2-6-12-17/h1-14H. The van der Waals surface area contributed by atoms with Crippen LogP contribution < -0.4 is 0 Å². The fourth-order valence-electron chi connectivity index (χ4n) is 3.76. The van der Waals surface area contributed by atoms with Crippen molar-refractivity contribution in [2.24, 2.45) is 0 Å². The lowest BCUT2D eigenvalue weighted by molar-refractivity contribution is 0.100. The van der Waals surface area contributed by atoms with E-state index >= 15 is 0 Å². The van der Waals surface area contributed by atoms with Crippen LogP contribution in [0.4, 0.5) is 0 Å². The second kappa shape index (κ2) is 7.67. The Kier molecular flexibility index (Phi) is 4.70. The quantitative estimate of drug-likeness (QED) is 0.358. The Balaban J connectivity index is 1.80. The molecule has 0 fully saturated rings. The summed E-state index contributed by atoms with van der Waals surface area (Å²) in [6.45, 7) is 0. The number of pyridine rings is 1. The number of aromatic nitrogens is 1. The van der Waals surface area contributed by atoms with E-state index in [1.807, 2.05) is 48.5 Å². The number of nitrogens with zero attached hydrogens (tertiary/aromatic N) is 2. The molecule has 1 heterocycles. The van der Waals surface area contributed by atoms with E-state index in [4.69, 9.17) is 0 Å². The van der Waals surface area contributed by atoms with Gasteiger partial charge in [-0.3, -0.25) is 9.59 Å². The van der Waals surface area contributed by atoms with Crippen LogP contribution in [-0.2, 0) is 0 Å². The van der Waals surface area contributed by atoms with Gasteiger partial charge in [0.25, 0.3) is 0 Å². The van der Waals surface area contributed by atoms with Crippen LogP contribution >= 0.6 is 11.8 Å². The molecule has 0 aliphatic heterocycles. The first-order chi connectivity index (χ1) is 15.2. The number of rotatable bonds is 4. The van der Waals surface area contributed by atoms with E-state index < -0.39 is 0 Å². The predicted molar refractivity (Wildman–Crippen MR) is 118 cm³/mol. The Bertz CT molecular complexity index is 1390. The van der Waals surface area contributed by atoms with Gasteiger partial charge in [-0.05, 0) is 17.7 Å². The maximum absolute atomic E-state index is 13.4. The average Bonchev–Trinajstić information content (AvgIpc) is 3.12. The van der Waals surface area contributed by atoms with E-state index in [2.05, 4.69) is 11.1 Å². The summed E-state index contributed by atoms with van der Waals surface area (Å²) in [6.07, 6.45) is 0. The maximum Gasteiger partial charge on any atom is 0.212 e. The zero-order chi connectivity index (χ0) is 21.4. The second-order valence-corrected chi connectivity index (χ2v) is 8.05. The molecule has 0 unspecified atom stereocenters. The molecule has 31 heavy (non-hydrogen) atoms. The van der Waals surface area contributed by atoms with Crippen LogP contribution in [0.2, 0.25) is 0 Å². The van der Waals surface area contributed by atoms with Gasteiger partial charge in [0.2, 0.25) is 5.78 Å². The van der Waals surface area contributed by atoms with E-state index in [-0.39, 0.29) is 22.8 Å². The van der Waals surface area contributed by atoms with Crippen LogP contribution in [0.1, 0.15) is 37.5 Å². The van der Waals surface area contributed by atoms with Gasteiger partial charge in [0.05, 0.1) is 11.1 Å². The van der Waals surface area contributed by atoms with Crippen LogP contribution in [0.25, 0.3) is 11.1 Å². The lowest BCUT2D eigenvalue weighted by Gasteiger charge is -2.12. The lowest BCUT2D eigenvalue weighted by Crippen LogP contribution is -2.13. The van der Waals surface area contributed by atoms with Gasteiger partial charge in [-0.15, -0.1) is 0 Å². The summed E-state index contributed by atoms with van der Waals surface area (Å²) in [5.41, 5.74) is 2.70. The minimum absolute atomic E-state index is 0.0832. The number of hydrogen-bond donors (Lipinski definition) is 0. The second-order valence-electron chi connectivity index (χ2n) is 6.99. The molecular weight excluding hydrogens is 404 g/mol. The molecule has 0 atom stereocenters. The molecule has 1 aliphatic rings. The summed E-state index contributed by atoms with van der Waals surface area (Å²) >= 11 is 1.31. The molecule has 0 spiro atoms. The SMILES string of the molecule is N#Cc1c(Sc2ccccc2)nc(C(=O)c2ccccc2)c2c1-c1ccccc1C2=O. The largest absolute Gasteiger partial charge is 0.288 e. The summed E-state index contributed by atoms with van der Waals surface area (Å²) in [5.74, 6) is -0.609. The summed E-state index contributed by atoms with van der Waals surface area (Å²) in [4.78, 5) is 32.2. The Morgan fingerprint density at radius 2 is 1.42 bits per heavy atom. The normalized spacial score (nSPS) is 11.5. The van der Waals surface area contributed by atoms with E-state index in [1.54, 1.807) is 36.4 Å². The Morgan fingerprint density at radius 3 is 2.10 bits per heavy atom. The first-order valence-corrected chi connectivity index (χ1v) is 10.5. The molecule has 0 N–H and O–H groups in total. The monoisotopic (exact) mass is 418 g/mol. The fourth-order valence-corrected chi connectivity index (χ4v) is 4.66. The first-order valence-electron chi connectivity index (χ1n) is 9.64. The number of benzene rings is 3. The molecule has 5 rings (SSSR count). The molecule has 4 nitrogen and oxygen atoms in total. The van der Waals surface area contributed by atoms with Crippen LogP contribution in [0.15, 0.2) is 94.9 Å². The number of carbonyl (C=O) groups excluding carboxylic acids is 2. The minimum Gasteiger partial charge on any atom is -0.288 e. The molecule has 4 aromatic rings. The summed E-state index contributed by atoms with van der Waals surface area (Å²) in [7, 11) is 0. The van der Waals surface area contributed by atoms with Crippen molar-refractivity contribution in [1.82, 2.24) is 4.98 Å². The third kappa shape index (κ3) is 3.14. The van der Waals surface area contributed by atoms with Crippen molar-refractivity contribution >= 4 is 23.3 Å². The van der Waals surface area contributed by atoms with E-state index in [0.29, 0.717) is 32.8 Å². The topological polar surface area (TPSA) is 70.8 Å². The van der Waals surface area contributed by atoms with Gasteiger partial charge >= 0.3 is 0 Å². The van der Waals surface area contributed by atoms with E-state index in [9.17, 15) is 14.9 Å². The predicted octanol–water partition coefficient (Wildman–Crippen LogP) is 5.55. The summed E-state index contributed by atoms with van der Waals surface area (Å²) in [5, 5.41) is 10.4. The molecule has 5 heteroatoms. The molecule has 1 aromatic heterocycles. The van der Waals surface area contributed by atoms with Gasteiger partial charge in [-0.1, -0.05) is 84.6 Å². The van der Waals surface area contributed by atoms with Crippen molar-refractivity contribution in [1.29, 1.82) is 5.26 Å². The van der Waals surface area contributed by atoms with Gasteiger partial charge < -0.3 is 0 Å². The number of carbonyl (C=O) groups is 2. The third-order valence-corrected chi connectivity index (χ3v) is 6.15. The smallest absolute Gasteiger partial charge is 0.212 e. The lowest BCUT2D eigenvalue weighted by atomic mass is 9.97. The Labute approximate surface area is 183 Å². The van der Waals surface area contributed by atoms with Crippen molar-refractivity contribution in [2.45, 2.75) is 9.92 Å². The number of hydrogen-bond acceptors (Lipinski definition) is 5. The zero-order valence-electron chi connectivity index (χ0n) is 16.2. The van der Waals surface area contributed by atoms with Crippen molar-refractivity contribution in [3.05, 3.63) is 113 Å². The number of nitriles is 1. The molecule has 1 aliphatic carbocycles. The fraction of sp³-hybridized carbons (Fsp3) is 0. The Hall–Kier alpha value is -4.01. The van der Waals surface area contributed by atoms with Crippen LogP contribution in [0.5, 0.6) is 0 Å². The highest BCUT2D eigenvalue weighted by atomic mass is 32.2. The van der Waals surface area contributed by atoms with Gasteiger partial charge in [-0.25, -0.2) is 4.98 Å². The van der Waals surface area contributed by atoms with Crippen LogP contribution in [0, 0.1) is 11.3 Å². The highest BCUT2D eigenvalue weighted by molar-refractivity contribution is 7.99. The highest BCUT2D eigenvalue weighted by Gasteiger charge is 2.36. The van der Waals surface area contributed by atoms with Gasteiger partial charge in [0.15, 0.2) is 5.78 Å². The zero-order valence-corrected chi connectivity index (χ0v) is 17.0. The van der Waals surface area contributed by atoms with Gasteiger partial charge in [0, 0.05) is 21.6 Å². The molecule has 3 aromatic carbocycles.